The molecule has 0 saturated carbocycles. The highest BCUT2D eigenvalue weighted by molar-refractivity contribution is 5.23. The number of pyridine rings is 1. The molecule has 1 N–H and O–H groups in total. The van der Waals surface area contributed by atoms with Crippen LogP contribution in [-0.2, 0) is 17.7 Å². The Morgan fingerprint density at radius 3 is 2.96 bits per heavy atom. The fraction of sp³-hybridized carbons (Fsp3) is 0.333. The van der Waals surface area contributed by atoms with Crippen LogP contribution in [0.25, 0.3) is 0 Å². The van der Waals surface area contributed by atoms with Gasteiger partial charge < -0.3 is 9.47 Å². The number of aromatic nitrogens is 3. The second-order valence-electron chi connectivity index (χ2n) is 6.76. The van der Waals surface area contributed by atoms with Crippen LogP contribution in [-0.4, -0.2) is 46.4 Å². The summed E-state index contributed by atoms with van der Waals surface area (Å²) in [4.78, 5) is 6.72. The minimum absolute atomic E-state index is 0.0741. The zero-order chi connectivity index (χ0) is 19.2. The maximum Gasteiger partial charge on any atom is 0.165 e. The van der Waals surface area contributed by atoms with E-state index in [-0.39, 0.29) is 17.7 Å². The summed E-state index contributed by atoms with van der Waals surface area (Å²) in [6.07, 6.45) is 2.36. The molecule has 1 fully saturated rings. The minimum Gasteiger partial charge on any atom is -0.490 e. The monoisotopic (exact) mass is 382 g/mol. The van der Waals surface area contributed by atoms with Crippen molar-refractivity contribution in [3.63, 3.8) is 0 Å². The molecule has 6 nitrogen and oxygen atoms in total. The van der Waals surface area contributed by atoms with E-state index in [9.17, 15) is 4.39 Å². The highest BCUT2D eigenvalue weighted by Crippen LogP contribution is 2.22. The van der Waals surface area contributed by atoms with E-state index in [1.54, 1.807) is 18.2 Å². The number of hydrogen-bond donors (Lipinski definition) is 1. The Kier molecular flexibility index (Phi) is 5.94. The van der Waals surface area contributed by atoms with Gasteiger partial charge in [0.2, 0.25) is 0 Å². The summed E-state index contributed by atoms with van der Waals surface area (Å²) in [6.45, 7) is 3.48. The molecule has 2 aromatic heterocycles. The largest absolute Gasteiger partial charge is 0.490 e. The second-order valence-corrected chi connectivity index (χ2v) is 6.76. The standard InChI is InChI=1S/C21H23FN4O2/c22-18-6-1-2-7-20(18)27-11-8-16-13-19(25-24-16)21-15-26(10-12-28-21)14-17-5-3-4-9-23-17/h1-7,9,13,21H,8,10-12,14-15H2,(H,24,25)/t21-/m1/s1. The molecule has 0 unspecified atom stereocenters. The van der Waals surface area contributed by atoms with Crippen molar-refractivity contribution in [2.45, 2.75) is 19.1 Å². The smallest absolute Gasteiger partial charge is 0.165 e. The number of ether oxygens (including phenoxy) is 2. The number of benzene rings is 1. The van der Waals surface area contributed by atoms with E-state index in [4.69, 9.17) is 9.47 Å². The molecule has 7 heteroatoms. The van der Waals surface area contributed by atoms with Gasteiger partial charge >= 0.3 is 0 Å². The average Bonchev–Trinajstić information content (AvgIpc) is 3.19. The Hall–Kier alpha value is -2.77. The lowest BCUT2D eigenvalue weighted by Gasteiger charge is -2.31. The number of hydrogen-bond acceptors (Lipinski definition) is 5. The number of H-pyrrole nitrogens is 1. The van der Waals surface area contributed by atoms with Crippen LogP contribution in [0.3, 0.4) is 0 Å². The van der Waals surface area contributed by atoms with Crippen molar-refractivity contribution in [1.29, 1.82) is 0 Å². The van der Waals surface area contributed by atoms with Crippen molar-refractivity contribution in [3.05, 3.63) is 77.6 Å². The highest BCUT2D eigenvalue weighted by Gasteiger charge is 2.24. The van der Waals surface area contributed by atoms with Crippen molar-refractivity contribution >= 4 is 0 Å². The lowest BCUT2D eigenvalue weighted by molar-refractivity contribution is -0.0353. The van der Waals surface area contributed by atoms with E-state index in [2.05, 4.69) is 20.1 Å². The number of nitrogens with one attached hydrogen (secondary N) is 1. The Bertz CT molecular complexity index is 887. The van der Waals surface area contributed by atoms with Gasteiger partial charge in [0.05, 0.1) is 24.6 Å². The highest BCUT2D eigenvalue weighted by atomic mass is 19.1. The molecule has 1 atom stereocenters. The van der Waals surface area contributed by atoms with E-state index < -0.39 is 0 Å². The summed E-state index contributed by atoms with van der Waals surface area (Å²) in [7, 11) is 0. The first-order valence-corrected chi connectivity index (χ1v) is 9.43. The van der Waals surface area contributed by atoms with Crippen molar-refractivity contribution in [1.82, 2.24) is 20.1 Å². The van der Waals surface area contributed by atoms with E-state index >= 15 is 0 Å². The summed E-state index contributed by atoms with van der Waals surface area (Å²) in [5.74, 6) is -0.0839. The molecule has 4 rings (SSSR count). The first-order chi connectivity index (χ1) is 13.8. The fourth-order valence-electron chi connectivity index (χ4n) is 3.25. The van der Waals surface area contributed by atoms with Gasteiger partial charge in [-0.05, 0) is 30.3 Å². The van der Waals surface area contributed by atoms with Gasteiger partial charge in [0.25, 0.3) is 0 Å². The van der Waals surface area contributed by atoms with Crippen LogP contribution in [0.15, 0.2) is 54.7 Å². The van der Waals surface area contributed by atoms with Crippen LogP contribution in [0.5, 0.6) is 5.75 Å². The molecule has 3 heterocycles. The summed E-state index contributed by atoms with van der Waals surface area (Å²) < 4.78 is 25.0. The quantitative estimate of drug-likeness (QED) is 0.680. The average molecular weight is 382 g/mol. The van der Waals surface area contributed by atoms with Crippen molar-refractivity contribution < 1.29 is 13.9 Å². The van der Waals surface area contributed by atoms with Gasteiger partial charge in [0.1, 0.15) is 6.10 Å². The summed E-state index contributed by atoms with van der Waals surface area (Å²) in [5.41, 5.74) is 2.87. The van der Waals surface area contributed by atoms with Gasteiger partial charge in [0, 0.05) is 37.9 Å². The SMILES string of the molecule is Fc1ccccc1OCCc1cc([C@H]2CN(Cc3ccccn3)CCO2)n[nH]1. The molecular weight excluding hydrogens is 359 g/mol. The Labute approximate surface area is 163 Å². The third-order valence-electron chi connectivity index (χ3n) is 4.71. The molecule has 0 amide bonds. The normalized spacial score (nSPS) is 17.5. The molecule has 1 aliphatic heterocycles. The molecule has 28 heavy (non-hydrogen) atoms. The van der Waals surface area contributed by atoms with E-state index in [0.717, 1.165) is 36.7 Å². The summed E-state index contributed by atoms with van der Waals surface area (Å²) in [6, 6.07) is 14.4. The molecule has 0 aliphatic carbocycles. The summed E-state index contributed by atoms with van der Waals surface area (Å²) >= 11 is 0. The van der Waals surface area contributed by atoms with Crippen LogP contribution in [0.4, 0.5) is 4.39 Å². The van der Waals surface area contributed by atoms with Crippen molar-refractivity contribution in [2.75, 3.05) is 26.3 Å². The third-order valence-corrected chi connectivity index (χ3v) is 4.71. The van der Waals surface area contributed by atoms with E-state index in [1.807, 2.05) is 30.5 Å². The molecule has 0 bridgehead atoms. The zero-order valence-corrected chi connectivity index (χ0v) is 15.6. The van der Waals surface area contributed by atoms with Gasteiger partial charge in [-0.15, -0.1) is 0 Å². The van der Waals surface area contributed by atoms with Gasteiger partial charge in [-0.1, -0.05) is 18.2 Å². The number of aromatic amines is 1. The Morgan fingerprint density at radius 1 is 1.21 bits per heavy atom. The second kappa shape index (κ2) is 8.95. The maximum atomic E-state index is 13.6. The fourth-order valence-corrected chi connectivity index (χ4v) is 3.25. The van der Waals surface area contributed by atoms with Crippen molar-refractivity contribution in [2.24, 2.45) is 0 Å². The summed E-state index contributed by atoms with van der Waals surface area (Å²) in [5, 5.41) is 7.44. The predicted molar refractivity (Wildman–Crippen MR) is 102 cm³/mol. The predicted octanol–water partition coefficient (Wildman–Crippen LogP) is 3.14. The lowest BCUT2D eigenvalue weighted by Crippen LogP contribution is -2.38. The molecule has 1 aromatic carbocycles. The molecular formula is C21H23FN4O2. The lowest BCUT2D eigenvalue weighted by atomic mass is 10.1. The number of para-hydroxylation sites is 1. The van der Waals surface area contributed by atoms with E-state index in [1.165, 1.54) is 6.07 Å². The Morgan fingerprint density at radius 2 is 2.11 bits per heavy atom. The first kappa shape index (κ1) is 18.6. The third kappa shape index (κ3) is 4.74. The van der Waals surface area contributed by atoms with Crippen molar-refractivity contribution in [3.8, 4) is 5.75 Å². The molecule has 3 aromatic rings. The van der Waals surface area contributed by atoms with Gasteiger partial charge in [-0.2, -0.15) is 5.10 Å². The Balaban J connectivity index is 1.30. The van der Waals surface area contributed by atoms with Gasteiger partial charge in [-0.25, -0.2) is 4.39 Å². The number of nitrogens with zero attached hydrogens (tertiary/aromatic N) is 3. The molecule has 0 spiro atoms. The minimum atomic E-state index is -0.351. The van der Waals surface area contributed by atoms with Crippen LogP contribution in [0.2, 0.25) is 0 Å². The number of rotatable bonds is 7. The molecule has 146 valence electrons. The van der Waals surface area contributed by atoms with E-state index in [0.29, 0.717) is 19.6 Å². The molecule has 1 saturated heterocycles. The van der Waals surface area contributed by atoms with Crippen LogP contribution in [0, 0.1) is 5.82 Å². The van der Waals surface area contributed by atoms with Crippen LogP contribution < -0.4 is 4.74 Å². The number of morpholine rings is 1. The van der Waals surface area contributed by atoms with Gasteiger partial charge in [0.15, 0.2) is 11.6 Å². The number of halogens is 1. The zero-order valence-electron chi connectivity index (χ0n) is 15.6. The van der Waals surface area contributed by atoms with Crippen LogP contribution in [0.1, 0.15) is 23.2 Å². The topological polar surface area (TPSA) is 63.3 Å². The maximum absolute atomic E-state index is 13.6. The molecule has 1 aliphatic rings. The molecule has 0 radical (unpaired) electrons. The van der Waals surface area contributed by atoms with Crippen LogP contribution >= 0.6 is 0 Å². The van der Waals surface area contributed by atoms with Gasteiger partial charge in [-0.3, -0.25) is 15.0 Å². The first-order valence-electron chi connectivity index (χ1n) is 9.43.